The Hall–Kier alpha value is -2.09. The molecular formula is C12H13N3O2. The van der Waals surface area contributed by atoms with Gasteiger partial charge in [-0.1, -0.05) is 0 Å². The molecule has 1 atom stereocenters. The molecule has 0 bridgehead atoms. The molecule has 1 aromatic heterocycles. The fourth-order valence-corrected chi connectivity index (χ4v) is 2.05. The lowest BCUT2D eigenvalue weighted by Gasteiger charge is -2.17. The average molecular weight is 231 g/mol. The highest BCUT2D eigenvalue weighted by atomic mass is 16.5. The Balaban J connectivity index is 2.16. The Morgan fingerprint density at radius 3 is 3.24 bits per heavy atom. The maximum atomic E-state index is 11.4. The molecule has 17 heavy (non-hydrogen) atoms. The summed E-state index contributed by atoms with van der Waals surface area (Å²) in [4.78, 5) is 17.6. The molecule has 5 nitrogen and oxygen atoms in total. The Labute approximate surface area is 99.6 Å². The zero-order chi connectivity index (χ0) is 12.3. The zero-order valence-corrected chi connectivity index (χ0v) is 9.59. The van der Waals surface area contributed by atoms with E-state index in [1.165, 1.54) is 7.11 Å². The molecule has 0 spiro atoms. The number of ether oxygens (including phenoxy) is 1. The Kier molecular flexibility index (Phi) is 3.24. The van der Waals surface area contributed by atoms with Crippen LogP contribution in [0.15, 0.2) is 18.3 Å². The minimum atomic E-state index is -0.193. The number of anilines is 1. The summed E-state index contributed by atoms with van der Waals surface area (Å²) in [5.74, 6) is 0.344. The van der Waals surface area contributed by atoms with Crippen LogP contribution in [-0.4, -0.2) is 31.2 Å². The molecule has 5 heteroatoms. The van der Waals surface area contributed by atoms with Gasteiger partial charge < -0.3 is 9.64 Å². The van der Waals surface area contributed by atoms with E-state index in [4.69, 9.17) is 10.00 Å². The number of hydrogen-bond acceptors (Lipinski definition) is 5. The monoisotopic (exact) mass is 231 g/mol. The smallest absolute Gasteiger partial charge is 0.310 e. The molecule has 1 aliphatic heterocycles. The van der Waals surface area contributed by atoms with Crippen LogP contribution in [0.5, 0.6) is 0 Å². The Morgan fingerprint density at radius 1 is 1.71 bits per heavy atom. The van der Waals surface area contributed by atoms with Crippen molar-refractivity contribution in [2.75, 3.05) is 25.1 Å². The molecule has 1 aromatic rings. The second-order valence-electron chi connectivity index (χ2n) is 3.94. The second kappa shape index (κ2) is 4.83. The number of hydrogen-bond donors (Lipinski definition) is 0. The standard InChI is InChI=1S/C12H13N3O2/c1-17-12(16)10-4-6-15(8-10)11-9(7-13)3-2-5-14-11/h2-3,5,10H,4,6,8H2,1H3. The minimum Gasteiger partial charge on any atom is -0.469 e. The van der Waals surface area contributed by atoms with Gasteiger partial charge in [0.2, 0.25) is 0 Å². The van der Waals surface area contributed by atoms with Crippen molar-refractivity contribution in [3.63, 3.8) is 0 Å². The normalized spacial score (nSPS) is 18.8. The van der Waals surface area contributed by atoms with Crippen molar-refractivity contribution >= 4 is 11.8 Å². The summed E-state index contributed by atoms with van der Waals surface area (Å²) in [5.41, 5.74) is 0.540. The first-order valence-corrected chi connectivity index (χ1v) is 5.44. The molecule has 1 unspecified atom stereocenters. The first kappa shape index (κ1) is 11.4. The highest BCUT2D eigenvalue weighted by molar-refractivity contribution is 5.74. The number of nitrogens with zero attached hydrogens (tertiary/aromatic N) is 3. The summed E-state index contributed by atoms with van der Waals surface area (Å²) in [6.07, 6.45) is 2.40. The van der Waals surface area contributed by atoms with Crippen LogP contribution in [0.1, 0.15) is 12.0 Å². The van der Waals surface area contributed by atoms with Gasteiger partial charge in [-0.15, -0.1) is 0 Å². The molecule has 0 saturated carbocycles. The van der Waals surface area contributed by atoms with Gasteiger partial charge in [0.1, 0.15) is 11.9 Å². The minimum absolute atomic E-state index is 0.117. The maximum absolute atomic E-state index is 11.4. The van der Waals surface area contributed by atoms with Crippen molar-refractivity contribution in [2.24, 2.45) is 5.92 Å². The molecule has 0 aliphatic carbocycles. The Morgan fingerprint density at radius 2 is 2.53 bits per heavy atom. The van der Waals surface area contributed by atoms with Gasteiger partial charge in [-0.3, -0.25) is 4.79 Å². The van der Waals surface area contributed by atoms with E-state index in [0.29, 0.717) is 17.9 Å². The molecule has 1 fully saturated rings. The summed E-state index contributed by atoms with van der Waals surface area (Å²) in [6.45, 7) is 1.30. The first-order valence-electron chi connectivity index (χ1n) is 5.44. The van der Waals surface area contributed by atoms with Crippen LogP contribution < -0.4 is 4.90 Å². The summed E-state index contributed by atoms with van der Waals surface area (Å²) in [7, 11) is 1.40. The van der Waals surface area contributed by atoms with Gasteiger partial charge in [0, 0.05) is 19.3 Å². The van der Waals surface area contributed by atoms with Crippen molar-refractivity contribution < 1.29 is 9.53 Å². The summed E-state index contributed by atoms with van der Waals surface area (Å²) in [6, 6.07) is 5.57. The quantitative estimate of drug-likeness (QED) is 0.709. The van der Waals surface area contributed by atoms with Crippen LogP contribution >= 0.6 is 0 Å². The lowest BCUT2D eigenvalue weighted by molar-refractivity contribution is -0.144. The number of aromatic nitrogens is 1. The van der Waals surface area contributed by atoms with Crippen molar-refractivity contribution in [3.8, 4) is 6.07 Å². The van der Waals surface area contributed by atoms with Crippen molar-refractivity contribution in [2.45, 2.75) is 6.42 Å². The third-order valence-electron chi connectivity index (χ3n) is 2.93. The van der Waals surface area contributed by atoms with Crippen LogP contribution in [0, 0.1) is 17.2 Å². The zero-order valence-electron chi connectivity index (χ0n) is 9.59. The molecule has 0 radical (unpaired) electrons. The van der Waals surface area contributed by atoms with Gasteiger partial charge in [0.25, 0.3) is 0 Å². The predicted octanol–water partition coefficient (Wildman–Crippen LogP) is 0.953. The number of pyridine rings is 1. The van der Waals surface area contributed by atoms with Crippen LogP contribution in [0.3, 0.4) is 0 Å². The van der Waals surface area contributed by atoms with Crippen LogP contribution in [-0.2, 0) is 9.53 Å². The van der Waals surface area contributed by atoms with E-state index in [9.17, 15) is 4.79 Å². The van der Waals surface area contributed by atoms with Gasteiger partial charge >= 0.3 is 5.97 Å². The number of rotatable bonds is 2. The summed E-state index contributed by atoms with van der Waals surface area (Å²) in [5, 5.41) is 8.99. The van der Waals surface area contributed by atoms with Gasteiger partial charge in [-0.05, 0) is 18.6 Å². The number of carbonyl (C=O) groups is 1. The second-order valence-corrected chi connectivity index (χ2v) is 3.94. The largest absolute Gasteiger partial charge is 0.469 e. The SMILES string of the molecule is COC(=O)C1CCN(c2ncccc2C#N)C1. The highest BCUT2D eigenvalue weighted by Gasteiger charge is 2.30. The first-order chi connectivity index (χ1) is 8.26. The van der Waals surface area contributed by atoms with E-state index < -0.39 is 0 Å². The molecule has 0 amide bonds. The van der Waals surface area contributed by atoms with Crippen molar-refractivity contribution in [1.82, 2.24) is 4.98 Å². The lowest BCUT2D eigenvalue weighted by Crippen LogP contribution is -2.24. The number of carbonyl (C=O) groups excluding carboxylic acids is 1. The Bertz CT molecular complexity index is 467. The molecule has 2 heterocycles. The van der Waals surface area contributed by atoms with Crippen LogP contribution in [0.4, 0.5) is 5.82 Å². The molecule has 1 saturated heterocycles. The van der Waals surface area contributed by atoms with E-state index in [-0.39, 0.29) is 11.9 Å². The lowest BCUT2D eigenvalue weighted by atomic mass is 10.1. The van der Waals surface area contributed by atoms with Gasteiger partial charge in [-0.25, -0.2) is 4.98 Å². The van der Waals surface area contributed by atoms with Gasteiger partial charge in [0.15, 0.2) is 0 Å². The van der Waals surface area contributed by atoms with E-state index in [0.717, 1.165) is 13.0 Å². The summed E-state index contributed by atoms with van der Waals surface area (Å²) >= 11 is 0. The third kappa shape index (κ3) is 2.21. The van der Waals surface area contributed by atoms with E-state index in [2.05, 4.69) is 11.1 Å². The average Bonchev–Trinajstić information content (AvgIpc) is 2.87. The third-order valence-corrected chi connectivity index (χ3v) is 2.93. The number of methoxy groups -OCH3 is 1. The van der Waals surface area contributed by atoms with Gasteiger partial charge in [0.05, 0.1) is 18.6 Å². The van der Waals surface area contributed by atoms with E-state index in [1.54, 1.807) is 18.3 Å². The van der Waals surface area contributed by atoms with E-state index in [1.807, 2.05) is 4.90 Å². The molecule has 2 rings (SSSR count). The summed E-state index contributed by atoms with van der Waals surface area (Å²) < 4.78 is 4.72. The molecule has 0 N–H and O–H groups in total. The van der Waals surface area contributed by atoms with Crippen molar-refractivity contribution in [1.29, 1.82) is 5.26 Å². The number of esters is 1. The topological polar surface area (TPSA) is 66.2 Å². The fraction of sp³-hybridized carbons (Fsp3) is 0.417. The van der Waals surface area contributed by atoms with E-state index >= 15 is 0 Å². The molecular weight excluding hydrogens is 218 g/mol. The van der Waals surface area contributed by atoms with Gasteiger partial charge in [-0.2, -0.15) is 5.26 Å². The maximum Gasteiger partial charge on any atom is 0.310 e. The van der Waals surface area contributed by atoms with Crippen LogP contribution in [0.25, 0.3) is 0 Å². The fourth-order valence-electron chi connectivity index (χ4n) is 2.05. The highest BCUT2D eigenvalue weighted by Crippen LogP contribution is 2.25. The molecule has 88 valence electrons. The molecule has 1 aliphatic rings. The molecule has 0 aromatic carbocycles. The number of nitriles is 1. The predicted molar refractivity (Wildman–Crippen MR) is 61.3 cm³/mol. The van der Waals surface area contributed by atoms with Crippen molar-refractivity contribution in [3.05, 3.63) is 23.9 Å². The van der Waals surface area contributed by atoms with Crippen LogP contribution in [0.2, 0.25) is 0 Å².